The van der Waals surface area contributed by atoms with E-state index >= 15 is 0 Å². The van der Waals surface area contributed by atoms with Crippen molar-refractivity contribution in [3.63, 3.8) is 0 Å². The van der Waals surface area contributed by atoms with Crippen molar-refractivity contribution in [3.8, 4) is 0 Å². The molecule has 0 aliphatic heterocycles. The van der Waals surface area contributed by atoms with Crippen molar-refractivity contribution in [2.24, 2.45) is 0 Å². The summed E-state index contributed by atoms with van der Waals surface area (Å²) in [7, 11) is 0. The highest BCUT2D eigenvalue weighted by Gasteiger charge is 2.02. The number of hydrogen-bond acceptors (Lipinski definition) is 4. The van der Waals surface area contributed by atoms with Crippen LogP contribution in [0.4, 0.5) is 0 Å². The van der Waals surface area contributed by atoms with Crippen molar-refractivity contribution in [1.82, 2.24) is 15.0 Å². The van der Waals surface area contributed by atoms with Crippen LogP contribution in [0.15, 0.2) is 10.6 Å². The van der Waals surface area contributed by atoms with Gasteiger partial charge < -0.3 is 4.42 Å². The highest BCUT2D eigenvalue weighted by molar-refractivity contribution is 5.61. The minimum atomic E-state index is 0.516. The Morgan fingerprint density at radius 3 is 2.91 bits per heavy atom. The van der Waals surface area contributed by atoms with Crippen molar-refractivity contribution >= 4 is 11.4 Å². The molecule has 0 amide bonds. The van der Waals surface area contributed by atoms with E-state index in [9.17, 15) is 0 Å². The van der Waals surface area contributed by atoms with Crippen LogP contribution in [-0.2, 0) is 0 Å². The summed E-state index contributed by atoms with van der Waals surface area (Å²) in [5, 5.41) is 0. The van der Waals surface area contributed by atoms with Crippen molar-refractivity contribution in [1.29, 1.82) is 0 Å². The van der Waals surface area contributed by atoms with Crippen LogP contribution in [0.5, 0.6) is 0 Å². The SMILES string of the molecule is Cc1cnc2nc(C)oc2n1. The van der Waals surface area contributed by atoms with Gasteiger partial charge in [0, 0.05) is 6.92 Å². The van der Waals surface area contributed by atoms with E-state index < -0.39 is 0 Å². The molecule has 2 aromatic heterocycles. The highest BCUT2D eigenvalue weighted by Crippen LogP contribution is 2.09. The molecule has 0 saturated heterocycles. The van der Waals surface area contributed by atoms with E-state index in [-0.39, 0.29) is 0 Å². The molecule has 56 valence electrons. The van der Waals surface area contributed by atoms with Gasteiger partial charge >= 0.3 is 0 Å². The van der Waals surface area contributed by atoms with Crippen molar-refractivity contribution in [2.75, 3.05) is 0 Å². The number of oxazole rings is 1. The Hall–Kier alpha value is -1.45. The fourth-order valence-electron chi connectivity index (χ4n) is 0.906. The Morgan fingerprint density at radius 1 is 1.27 bits per heavy atom. The lowest BCUT2D eigenvalue weighted by Gasteiger charge is -1.86. The quantitative estimate of drug-likeness (QED) is 0.565. The zero-order valence-corrected chi connectivity index (χ0v) is 6.33. The molecule has 4 nitrogen and oxygen atoms in total. The normalized spacial score (nSPS) is 10.7. The van der Waals surface area contributed by atoms with Crippen LogP contribution in [0.2, 0.25) is 0 Å². The van der Waals surface area contributed by atoms with Crippen LogP contribution < -0.4 is 0 Å². The van der Waals surface area contributed by atoms with Gasteiger partial charge in [0.1, 0.15) is 0 Å². The van der Waals surface area contributed by atoms with Crippen LogP contribution in [0, 0.1) is 13.8 Å². The molecule has 0 saturated carbocycles. The molecule has 2 rings (SSSR count). The third-order valence-electron chi connectivity index (χ3n) is 1.35. The monoisotopic (exact) mass is 149 g/mol. The maximum Gasteiger partial charge on any atom is 0.266 e. The van der Waals surface area contributed by atoms with Gasteiger partial charge in [0.2, 0.25) is 5.65 Å². The van der Waals surface area contributed by atoms with E-state index in [1.165, 1.54) is 0 Å². The summed E-state index contributed by atoms with van der Waals surface area (Å²) >= 11 is 0. The minimum Gasteiger partial charge on any atom is -0.421 e. The first-order valence-corrected chi connectivity index (χ1v) is 3.32. The van der Waals surface area contributed by atoms with Crippen LogP contribution in [0.1, 0.15) is 11.6 Å². The third-order valence-corrected chi connectivity index (χ3v) is 1.35. The lowest BCUT2D eigenvalue weighted by atomic mass is 10.5. The van der Waals surface area contributed by atoms with Gasteiger partial charge in [-0.05, 0) is 6.92 Å². The average molecular weight is 149 g/mol. The van der Waals surface area contributed by atoms with E-state index in [0.717, 1.165) is 5.69 Å². The maximum atomic E-state index is 5.16. The van der Waals surface area contributed by atoms with Crippen LogP contribution in [0.3, 0.4) is 0 Å². The molecule has 2 aromatic rings. The molecule has 0 unspecified atom stereocenters. The van der Waals surface area contributed by atoms with Gasteiger partial charge in [-0.25, -0.2) is 9.97 Å². The van der Waals surface area contributed by atoms with Crippen molar-refractivity contribution < 1.29 is 4.42 Å². The number of fused-ring (bicyclic) bond motifs is 1. The summed E-state index contributed by atoms with van der Waals surface area (Å²) in [6.45, 7) is 3.64. The molecule has 0 atom stereocenters. The molecule has 0 radical (unpaired) electrons. The zero-order chi connectivity index (χ0) is 7.84. The summed E-state index contributed by atoms with van der Waals surface area (Å²) in [5.74, 6) is 0.602. The molecular formula is C7H7N3O. The molecule has 0 bridgehead atoms. The molecule has 0 fully saturated rings. The lowest BCUT2D eigenvalue weighted by Crippen LogP contribution is -1.83. The maximum absolute atomic E-state index is 5.16. The summed E-state index contributed by atoms with van der Waals surface area (Å²) < 4.78 is 5.16. The highest BCUT2D eigenvalue weighted by atomic mass is 16.4. The third kappa shape index (κ3) is 0.960. The lowest BCUT2D eigenvalue weighted by molar-refractivity contribution is 0.550. The van der Waals surface area contributed by atoms with E-state index in [0.29, 0.717) is 17.3 Å². The number of aryl methyl sites for hydroxylation is 2. The second-order valence-corrected chi connectivity index (χ2v) is 2.37. The van der Waals surface area contributed by atoms with E-state index in [1.807, 2.05) is 6.92 Å². The number of nitrogens with zero attached hydrogens (tertiary/aromatic N) is 3. The molecular weight excluding hydrogens is 142 g/mol. The van der Waals surface area contributed by atoms with Crippen molar-refractivity contribution in [2.45, 2.75) is 13.8 Å². The summed E-state index contributed by atoms with van der Waals surface area (Å²) in [5.41, 5.74) is 1.93. The predicted molar refractivity (Wildman–Crippen MR) is 39.1 cm³/mol. The smallest absolute Gasteiger partial charge is 0.266 e. The van der Waals surface area contributed by atoms with E-state index in [1.54, 1.807) is 13.1 Å². The molecule has 0 aromatic carbocycles. The molecule has 0 aliphatic rings. The summed E-state index contributed by atoms with van der Waals surface area (Å²) in [4.78, 5) is 12.2. The second kappa shape index (κ2) is 2.02. The largest absolute Gasteiger partial charge is 0.421 e. The van der Waals surface area contributed by atoms with E-state index in [2.05, 4.69) is 15.0 Å². The Labute approximate surface area is 63.3 Å². The standard InChI is InChI=1S/C7H7N3O/c1-4-3-8-6-7(9-4)11-5(2)10-6/h3H,1-2H3. The molecule has 11 heavy (non-hydrogen) atoms. The van der Waals surface area contributed by atoms with Gasteiger partial charge in [-0.2, -0.15) is 4.98 Å². The van der Waals surface area contributed by atoms with Gasteiger partial charge in [-0.3, -0.25) is 0 Å². The zero-order valence-electron chi connectivity index (χ0n) is 6.33. The van der Waals surface area contributed by atoms with Gasteiger partial charge in [-0.1, -0.05) is 0 Å². The van der Waals surface area contributed by atoms with E-state index in [4.69, 9.17) is 4.42 Å². The molecule has 0 spiro atoms. The fourth-order valence-corrected chi connectivity index (χ4v) is 0.906. The second-order valence-electron chi connectivity index (χ2n) is 2.37. The average Bonchev–Trinajstić information content (AvgIpc) is 2.27. The van der Waals surface area contributed by atoms with Gasteiger partial charge in [0.15, 0.2) is 5.89 Å². The molecule has 4 heteroatoms. The summed E-state index contributed by atoms with van der Waals surface area (Å²) in [6, 6.07) is 0. The Morgan fingerprint density at radius 2 is 2.09 bits per heavy atom. The number of rotatable bonds is 0. The van der Waals surface area contributed by atoms with Crippen molar-refractivity contribution in [3.05, 3.63) is 17.8 Å². The first-order chi connectivity index (χ1) is 5.25. The Bertz CT molecular complexity index is 393. The molecule has 2 heterocycles. The Balaban J connectivity index is 2.82. The van der Waals surface area contributed by atoms with Gasteiger partial charge in [-0.15, -0.1) is 0 Å². The van der Waals surface area contributed by atoms with Crippen LogP contribution in [-0.4, -0.2) is 15.0 Å². The topological polar surface area (TPSA) is 51.8 Å². The summed E-state index contributed by atoms with van der Waals surface area (Å²) in [6.07, 6.45) is 1.67. The number of aromatic nitrogens is 3. The van der Waals surface area contributed by atoms with Gasteiger partial charge in [0.25, 0.3) is 5.71 Å². The Kier molecular flexibility index (Phi) is 1.15. The van der Waals surface area contributed by atoms with Crippen LogP contribution in [0.25, 0.3) is 11.4 Å². The van der Waals surface area contributed by atoms with Gasteiger partial charge in [0.05, 0.1) is 11.9 Å². The first-order valence-electron chi connectivity index (χ1n) is 3.32. The molecule has 0 N–H and O–H groups in total. The predicted octanol–water partition coefficient (Wildman–Crippen LogP) is 1.23. The van der Waals surface area contributed by atoms with Crippen LogP contribution >= 0.6 is 0 Å². The number of hydrogen-bond donors (Lipinski definition) is 0. The minimum absolute atomic E-state index is 0.516. The first kappa shape index (κ1) is 6.27. The fraction of sp³-hybridized carbons (Fsp3) is 0.286. The molecule has 0 aliphatic carbocycles.